The van der Waals surface area contributed by atoms with E-state index in [-0.39, 0.29) is 0 Å². The van der Waals surface area contributed by atoms with Gasteiger partial charge in [0.05, 0.1) is 25.3 Å². The number of benzene rings is 3. The highest BCUT2D eigenvalue weighted by atomic mass is 16.5. The Hall–Kier alpha value is -3.73. The molecule has 0 aliphatic rings. The molecular weight excluding hydrogens is 390 g/mol. The van der Waals surface area contributed by atoms with E-state index in [4.69, 9.17) is 14.2 Å². The van der Waals surface area contributed by atoms with Crippen molar-refractivity contribution < 1.29 is 19.0 Å². The molecule has 1 aromatic heterocycles. The maximum atomic E-state index is 12.3. The molecule has 4 rings (SSSR count). The summed E-state index contributed by atoms with van der Waals surface area (Å²) in [6.45, 7) is 3.22. The Morgan fingerprint density at radius 3 is 2.48 bits per heavy atom. The number of hydrogen-bond donors (Lipinski definition) is 0. The topological polar surface area (TPSA) is 49.7 Å². The second-order valence-corrected chi connectivity index (χ2v) is 7.20. The van der Waals surface area contributed by atoms with Crippen LogP contribution in [0, 0.1) is 0 Å². The molecule has 4 aromatic rings. The summed E-state index contributed by atoms with van der Waals surface area (Å²) in [6, 6.07) is 21.5. The van der Waals surface area contributed by atoms with Crippen LogP contribution in [0.25, 0.3) is 22.0 Å². The zero-order chi connectivity index (χ0) is 21.8. The first-order valence-electron chi connectivity index (χ1n) is 10.2. The van der Waals surface area contributed by atoms with Crippen LogP contribution in [-0.2, 0) is 17.9 Å². The summed E-state index contributed by atoms with van der Waals surface area (Å²) in [4.78, 5) is 12.3. The van der Waals surface area contributed by atoms with E-state index in [1.165, 1.54) is 7.11 Å². The SMILES string of the molecule is CCn1cc(-c2cccc(OC)c2)c2c(OCc3ccccc3)cc(C(=O)OC)cc21. The fourth-order valence-corrected chi connectivity index (χ4v) is 3.74. The normalized spacial score (nSPS) is 10.8. The van der Waals surface area contributed by atoms with E-state index in [9.17, 15) is 4.79 Å². The Bertz CT molecular complexity index is 1210. The van der Waals surface area contributed by atoms with E-state index in [2.05, 4.69) is 17.7 Å². The Labute approximate surface area is 181 Å². The molecule has 3 aromatic carbocycles. The number of aromatic nitrogens is 1. The van der Waals surface area contributed by atoms with Gasteiger partial charge in [0.1, 0.15) is 18.1 Å². The van der Waals surface area contributed by atoms with Gasteiger partial charge in [-0.15, -0.1) is 0 Å². The lowest BCUT2D eigenvalue weighted by atomic mass is 10.0. The van der Waals surface area contributed by atoms with Crippen LogP contribution >= 0.6 is 0 Å². The van der Waals surface area contributed by atoms with E-state index in [1.807, 2.05) is 60.7 Å². The zero-order valence-corrected chi connectivity index (χ0v) is 17.9. The number of esters is 1. The molecule has 158 valence electrons. The van der Waals surface area contributed by atoms with Crippen LogP contribution in [-0.4, -0.2) is 24.8 Å². The van der Waals surface area contributed by atoms with E-state index in [0.29, 0.717) is 17.9 Å². The molecule has 0 fully saturated rings. The zero-order valence-electron chi connectivity index (χ0n) is 17.9. The number of fused-ring (bicyclic) bond motifs is 1. The molecule has 0 radical (unpaired) electrons. The smallest absolute Gasteiger partial charge is 0.338 e. The van der Waals surface area contributed by atoms with Crippen molar-refractivity contribution in [3.05, 3.63) is 84.1 Å². The van der Waals surface area contributed by atoms with Gasteiger partial charge < -0.3 is 18.8 Å². The number of aryl methyl sites for hydroxylation is 1. The summed E-state index contributed by atoms with van der Waals surface area (Å²) in [5, 5.41) is 0.957. The lowest BCUT2D eigenvalue weighted by Gasteiger charge is -2.12. The quantitative estimate of drug-likeness (QED) is 0.363. The molecule has 0 unspecified atom stereocenters. The summed E-state index contributed by atoms with van der Waals surface area (Å²) in [5.41, 5.74) is 4.48. The number of carbonyl (C=O) groups is 1. The van der Waals surface area contributed by atoms with Crippen molar-refractivity contribution in [1.82, 2.24) is 4.57 Å². The number of hydrogen-bond acceptors (Lipinski definition) is 4. The van der Waals surface area contributed by atoms with Crippen LogP contribution in [0.2, 0.25) is 0 Å². The summed E-state index contributed by atoms with van der Waals surface area (Å²) < 4.78 is 18.8. The Morgan fingerprint density at radius 2 is 1.77 bits per heavy atom. The molecule has 0 amide bonds. The van der Waals surface area contributed by atoms with Gasteiger partial charge in [-0.3, -0.25) is 0 Å². The average Bonchev–Trinajstić information content (AvgIpc) is 3.21. The highest BCUT2D eigenvalue weighted by molar-refractivity contribution is 6.04. The van der Waals surface area contributed by atoms with E-state index >= 15 is 0 Å². The Kier molecular flexibility index (Phi) is 5.94. The van der Waals surface area contributed by atoms with Crippen molar-refractivity contribution in [2.45, 2.75) is 20.1 Å². The Morgan fingerprint density at radius 1 is 0.968 bits per heavy atom. The molecule has 0 aliphatic carbocycles. The lowest BCUT2D eigenvalue weighted by molar-refractivity contribution is 0.0600. The molecule has 31 heavy (non-hydrogen) atoms. The van der Waals surface area contributed by atoms with Gasteiger partial charge in [0, 0.05) is 23.7 Å². The maximum absolute atomic E-state index is 12.3. The number of ether oxygens (including phenoxy) is 3. The minimum Gasteiger partial charge on any atom is -0.497 e. The van der Waals surface area contributed by atoms with Crippen molar-refractivity contribution in [3.8, 4) is 22.6 Å². The molecular formula is C26H25NO4. The van der Waals surface area contributed by atoms with Gasteiger partial charge in [-0.1, -0.05) is 42.5 Å². The minimum atomic E-state index is -0.391. The standard InChI is InChI=1S/C26H25NO4/c1-4-27-16-22(19-11-8-12-21(13-19)29-2)25-23(27)14-20(26(28)30-3)15-24(25)31-17-18-9-6-5-7-10-18/h5-16H,4,17H2,1-3H3. The van der Waals surface area contributed by atoms with Gasteiger partial charge in [-0.25, -0.2) is 4.79 Å². The Balaban J connectivity index is 1.90. The molecule has 0 saturated carbocycles. The van der Waals surface area contributed by atoms with Crippen LogP contribution in [0.3, 0.4) is 0 Å². The van der Waals surface area contributed by atoms with Crippen LogP contribution in [0.4, 0.5) is 0 Å². The predicted octanol–water partition coefficient (Wildman–Crippen LogP) is 5.70. The molecule has 0 N–H and O–H groups in total. The fraction of sp³-hybridized carbons (Fsp3) is 0.192. The summed E-state index contributed by atoms with van der Waals surface area (Å²) in [5.74, 6) is 1.04. The molecule has 0 spiro atoms. The van der Waals surface area contributed by atoms with Crippen molar-refractivity contribution >= 4 is 16.9 Å². The lowest BCUT2D eigenvalue weighted by Crippen LogP contribution is -2.04. The van der Waals surface area contributed by atoms with Crippen molar-refractivity contribution in [1.29, 1.82) is 0 Å². The third-order valence-corrected chi connectivity index (χ3v) is 5.32. The van der Waals surface area contributed by atoms with Crippen molar-refractivity contribution in [2.24, 2.45) is 0 Å². The summed E-state index contributed by atoms with van der Waals surface area (Å²) >= 11 is 0. The number of carbonyl (C=O) groups excluding carboxylic acids is 1. The van der Waals surface area contributed by atoms with Gasteiger partial charge in [-0.05, 0) is 42.3 Å². The van der Waals surface area contributed by atoms with Crippen LogP contribution in [0.5, 0.6) is 11.5 Å². The second kappa shape index (κ2) is 8.96. The highest BCUT2D eigenvalue weighted by Gasteiger charge is 2.19. The molecule has 1 heterocycles. The minimum absolute atomic E-state index is 0.391. The molecule has 5 heteroatoms. The van der Waals surface area contributed by atoms with E-state index < -0.39 is 5.97 Å². The van der Waals surface area contributed by atoms with Gasteiger partial charge in [0.2, 0.25) is 0 Å². The second-order valence-electron chi connectivity index (χ2n) is 7.20. The van der Waals surface area contributed by atoms with Gasteiger partial charge in [0.25, 0.3) is 0 Å². The molecule has 0 saturated heterocycles. The molecule has 0 bridgehead atoms. The van der Waals surface area contributed by atoms with Crippen molar-refractivity contribution in [3.63, 3.8) is 0 Å². The third-order valence-electron chi connectivity index (χ3n) is 5.32. The van der Waals surface area contributed by atoms with E-state index in [1.54, 1.807) is 13.2 Å². The van der Waals surface area contributed by atoms with Crippen LogP contribution in [0.15, 0.2) is 72.9 Å². The van der Waals surface area contributed by atoms with Gasteiger partial charge in [-0.2, -0.15) is 0 Å². The number of rotatable bonds is 7. The predicted molar refractivity (Wildman–Crippen MR) is 122 cm³/mol. The van der Waals surface area contributed by atoms with Crippen LogP contribution < -0.4 is 9.47 Å². The number of methoxy groups -OCH3 is 2. The first kappa shape index (κ1) is 20.5. The largest absolute Gasteiger partial charge is 0.497 e. The van der Waals surface area contributed by atoms with Crippen molar-refractivity contribution in [2.75, 3.05) is 14.2 Å². The van der Waals surface area contributed by atoms with Gasteiger partial charge in [0.15, 0.2) is 0 Å². The number of nitrogens with zero attached hydrogens (tertiary/aromatic N) is 1. The molecule has 0 aliphatic heterocycles. The average molecular weight is 415 g/mol. The van der Waals surface area contributed by atoms with Crippen LogP contribution in [0.1, 0.15) is 22.8 Å². The highest BCUT2D eigenvalue weighted by Crippen LogP contribution is 2.39. The summed E-state index contributed by atoms with van der Waals surface area (Å²) in [7, 11) is 3.04. The molecule has 5 nitrogen and oxygen atoms in total. The molecule has 0 atom stereocenters. The summed E-state index contributed by atoms with van der Waals surface area (Å²) in [6.07, 6.45) is 2.09. The van der Waals surface area contributed by atoms with Gasteiger partial charge >= 0.3 is 5.97 Å². The van der Waals surface area contributed by atoms with E-state index in [0.717, 1.165) is 39.9 Å². The monoisotopic (exact) mass is 415 g/mol. The maximum Gasteiger partial charge on any atom is 0.338 e. The first-order valence-corrected chi connectivity index (χ1v) is 10.2. The third kappa shape index (κ3) is 4.12. The fourth-order valence-electron chi connectivity index (χ4n) is 3.74. The first-order chi connectivity index (χ1) is 15.1.